The zero-order chi connectivity index (χ0) is 22.4. The summed E-state index contributed by atoms with van der Waals surface area (Å²) in [5.74, 6) is 1.72. The molecule has 1 aromatic heterocycles. The van der Waals surface area contributed by atoms with Gasteiger partial charge in [0.25, 0.3) is 0 Å². The minimum atomic E-state index is -0.202. The van der Waals surface area contributed by atoms with E-state index >= 15 is 0 Å². The van der Waals surface area contributed by atoms with Crippen molar-refractivity contribution in [2.45, 2.75) is 59.3 Å². The van der Waals surface area contributed by atoms with Crippen LogP contribution < -0.4 is 4.90 Å². The van der Waals surface area contributed by atoms with E-state index in [1.165, 1.54) is 0 Å². The lowest BCUT2D eigenvalue weighted by atomic mass is 9.78. The van der Waals surface area contributed by atoms with Gasteiger partial charge in [0, 0.05) is 42.0 Å². The van der Waals surface area contributed by atoms with E-state index in [1.807, 2.05) is 33.2 Å². The molecule has 0 aliphatic carbocycles. The van der Waals surface area contributed by atoms with E-state index in [1.54, 1.807) is 0 Å². The predicted octanol–water partition coefficient (Wildman–Crippen LogP) is 6.68. The lowest BCUT2D eigenvalue weighted by molar-refractivity contribution is 0.423. The Labute approximate surface area is 180 Å². The van der Waals surface area contributed by atoms with Crippen molar-refractivity contribution in [3.8, 4) is 28.5 Å². The van der Waals surface area contributed by atoms with Crippen molar-refractivity contribution in [3.05, 3.63) is 53.3 Å². The molecule has 4 heteroatoms. The highest BCUT2D eigenvalue weighted by atomic mass is 16.4. The number of rotatable bonds is 3. The number of phenols is 1. The molecular formula is C26H34N2O2. The van der Waals surface area contributed by atoms with Gasteiger partial charge in [-0.15, -0.1) is 0 Å². The Kier molecular flexibility index (Phi) is 5.48. The van der Waals surface area contributed by atoms with E-state index in [0.717, 1.165) is 39.4 Å². The smallest absolute Gasteiger partial charge is 0.226 e. The third kappa shape index (κ3) is 4.23. The van der Waals surface area contributed by atoms with Crippen molar-refractivity contribution in [1.29, 1.82) is 0 Å². The van der Waals surface area contributed by atoms with Gasteiger partial charge < -0.3 is 14.4 Å². The van der Waals surface area contributed by atoms with Crippen LogP contribution in [0.1, 0.15) is 58.4 Å². The molecule has 0 bridgehead atoms. The Morgan fingerprint density at radius 3 is 1.77 bits per heavy atom. The molecule has 3 rings (SSSR count). The van der Waals surface area contributed by atoms with E-state index in [2.05, 4.69) is 70.7 Å². The first-order chi connectivity index (χ1) is 13.8. The second kappa shape index (κ2) is 7.50. The third-order valence-electron chi connectivity index (χ3n) is 5.43. The van der Waals surface area contributed by atoms with Crippen LogP contribution in [0.3, 0.4) is 0 Å². The zero-order valence-corrected chi connectivity index (χ0v) is 19.7. The van der Waals surface area contributed by atoms with Crippen LogP contribution >= 0.6 is 0 Å². The van der Waals surface area contributed by atoms with Crippen LogP contribution in [0.15, 0.2) is 40.8 Å². The molecule has 0 aliphatic rings. The summed E-state index contributed by atoms with van der Waals surface area (Å²) in [5, 5.41) is 11.0. The minimum Gasteiger partial charge on any atom is -0.507 e. The number of hydrogen-bond donors (Lipinski definition) is 1. The maximum absolute atomic E-state index is 11.0. The van der Waals surface area contributed by atoms with E-state index in [-0.39, 0.29) is 10.8 Å². The van der Waals surface area contributed by atoms with Gasteiger partial charge in [-0.2, -0.15) is 0 Å². The van der Waals surface area contributed by atoms with E-state index in [9.17, 15) is 5.11 Å². The van der Waals surface area contributed by atoms with Crippen molar-refractivity contribution < 1.29 is 9.52 Å². The van der Waals surface area contributed by atoms with Crippen molar-refractivity contribution in [2.75, 3.05) is 19.0 Å². The third-order valence-corrected chi connectivity index (χ3v) is 5.43. The molecule has 1 heterocycles. The molecule has 4 nitrogen and oxygen atoms in total. The summed E-state index contributed by atoms with van der Waals surface area (Å²) in [6.45, 7) is 14.6. The molecule has 0 atom stereocenters. The van der Waals surface area contributed by atoms with Gasteiger partial charge in [0.2, 0.25) is 5.89 Å². The Morgan fingerprint density at radius 2 is 1.33 bits per heavy atom. The highest BCUT2D eigenvalue weighted by Gasteiger charge is 2.28. The number of hydrogen-bond acceptors (Lipinski definition) is 4. The summed E-state index contributed by atoms with van der Waals surface area (Å²) in [6.07, 6.45) is 0. The number of oxazole rings is 1. The summed E-state index contributed by atoms with van der Waals surface area (Å²) in [5.41, 5.74) is 5.30. The van der Waals surface area contributed by atoms with E-state index < -0.39 is 0 Å². The molecule has 3 aromatic rings. The molecule has 0 saturated carbocycles. The fourth-order valence-corrected chi connectivity index (χ4v) is 3.61. The van der Waals surface area contributed by atoms with Crippen LogP contribution in [0.25, 0.3) is 22.7 Å². The summed E-state index contributed by atoms with van der Waals surface area (Å²) < 4.78 is 6.10. The molecule has 2 aromatic carbocycles. The Balaban J connectivity index is 2.14. The fraction of sp³-hybridized carbons (Fsp3) is 0.423. The molecule has 0 fully saturated rings. The van der Waals surface area contributed by atoms with Crippen molar-refractivity contribution >= 4 is 5.69 Å². The SMILES string of the molecule is Cc1oc(-c2cc(C(C)(C)C)c(O)c(C(C)(C)C)c2)nc1-c1ccc(N(C)C)cc1. The molecule has 0 radical (unpaired) electrons. The predicted molar refractivity (Wildman–Crippen MR) is 126 cm³/mol. The lowest BCUT2D eigenvalue weighted by Gasteiger charge is -2.27. The normalized spacial score (nSPS) is 12.3. The molecular weight excluding hydrogens is 372 g/mol. The molecule has 1 N–H and O–H groups in total. The zero-order valence-electron chi connectivity index (χ0n) is 19.7. The average Bonchev–Trinajstić information content (AvgIpc) is 3.01. The van der Waals surface area contributed by atoms with E-state index in [4.69, 9.17) is 9.40 Å². The van der Waals surface area contributed by atoms with Crippen LogP contribution in [0.4, 0.5) is 5.69 Å². The number of aromatic hydroxyl groups is 1. The number of benzene rings is 2. The van der Waals surface area contributed by atoms with Crippen LogP contribution in [-0.2, 0) is 10.8 Å². The highest BCUT2D eigenvalue weighted by Crippen LogP contribution is 2.42. The molecule has 0 aliphatic heterocycles. The molecule has 0 saturated heterocycles. The lowest BCUT2D eigenvalue weighted by Crippen LogP contribution is -2.17. The summed E-state index contributed by atoms with van der Waals surface area (Å²) in [7, 11) is 4.05. The van der Waals surface area contributed by atoms with Crippen molar-refractivity contribution in [3.63, 3.8) is 0 Å². The van der Waals surface area contributed by atoms with Gasteiger partial charge >= 0.3 is 0 Å². The van der Waals surface area contributed by atoms with Gasteiger partial charge in [-0.25, -0.2) is 4.98 Å². The Morgan fingerprint density at radius 1 is 0.833 bits per heavy atom. The van der Waals surface area contributed by atoms with Crippen LogP contribution in [0, 0.1) is 6.92 Å². The maximum Gasteiger partial charge on any atom is 0.226 e. The quantitative estimate of drug-likeness (QED) is 0.527. The van der Waals surface area contributed by atoms with Gasteiger partial charge in [0.05, 0.1) is 0 Å². The first-order valence-electron chi connectivity index (χ1n) is 10.4. The number of aryl methyl sites for hydroxylation is 1. The second-order valence-electron chi connectivity index (χ2n) is 10.3. The molecule has 160 valence electrons. The topological polar surface area (TPSA) is 49.5 Å². The largest absolute Gasteiger partial charge is 0.507 e. The van der Waals surface area contributed by atoms with Gasteiger partial charge in [0.15, 0.2) is 0 Å². The Bertz CT molecular complexity index is 1010. The summed E-state index contributed by atoms with van der Waals surface area (Å²) in [4.78, 5) is 6.91. The maximum atomic E-state index is 11.0. The first kappa shape index (κ1) is 21.9. The van der Waals surface area contributed by atoms with Gasteiger partial charge in [0.1, 0.15) is 17.2 Å². The highest BCUT2D eigenvalue weighted by molar-refractivity contribution is 5.69. The first-order valence-corrected chi connectivity index (χ1v) is 10.4. The number of nitrogens with zero attached hydrogens (tertiary/aromatic N) is 2. The number of anilines is 1. The number of phenolic OH excluding ortho intramolecular Hbond substituents is 1. The van der Waals surface area contributed by atoms with Crippen molar-refractivity contribution in [2.24, 2.45) is 0 Å². The molecule has 30 heavy (non-hydrogen) atoms. The number of aromatic nitrogens is 1. The standard InChI is InChI=1S/C26H34N2O2/c1-16-22(17-10-12-19(13-11-17)28(8)9)27-24(30-16)18-14-20(25(2,3)4)23(29)21(15-18)26(5,6)7/h10-15,29H,1-9H3. The van der Waals surface area contributed by atoms with Crippen LogP contribution in [0.2, 0.25) is 0 Å². The van der Waals surface area contributed by atoms with Crippen LogP contribution in [-0.4, -0.2) is 24.2 Å². The average molecular weight is 407 g/mol. The molecule has 0 amide bonds. The Hall–Kier alpha value is -2.75. The second-order valence-corrected chi connectivity index (χ2v) is 10.3. The summed E-state index contributed by atoms with van der Waals surface area (Å²) >= 11 is 0. The molecule has 0 unspecified atom stereocenters. The fourth-order valence-electron chi connectivity index (χ4n) is 3.61. The van der Waals surface area contributed by atoms with Gasteiger partial charge in [-0.1, -0.05) is 53.7 Å². The minimum absolute atomic E-state index is 0.202. The monoisotopic (exact) mass is 406 g/mol. The van der Waals surface area contributed by atoms with Crippen LogP contribution in [0.5, 0.6) is 5.75 Å². The molecule has 0 spiro atoms. The van der Waals surface area contributed by atoms with Gasteiger partial charge in [-0.3, -0.25) is 0 Å². The summed E-state index contributed by atoms with van der Waals surface area (Å²) in [6, 6.07) is 12.3. The van der Waals surface area contributed by atoms with E-state index in [0.29, 0.717) is 11.6 Å². The van der Waals surface area contributed by atoms with Crippen molar-refractivity contribution in [1.82, 2.24) is 4.98 Å². The van der Waals surface area contributed by atoms with Gasteiger partial charge in [-0.05, 0) is 42.0 Å².